The Hall–Kier alpha value is -3.86. The van der Waals surface area contributed by atoms with Crippen LogP contribution >= 0.6 is 0 Å². The van der Waals surface area contributed by atoms with Crippen LogP contribution in [0.15, 0.2) is 48.6 Å². The number of carbonyl (C=O) groups is 3. The summed E-state index contributed by atoms with van der Waals surface area (Å²) in [6.07, 6.45) is 6.43. The second-order valence-corrected chi connectivity index (χ2v) is 8.30. The minimum Gasteiger partial charge on any atom is -0.344 e. The average Bonchev–Trinajstić information content (AvgIpc) is 3.51. The third-order valence-electron chi connectivity index (χ3n) is 5.73. The second-order valence-electron chi connectivity index (χ2n) is 8.30. The molecule has 2 aromatic rings. The van der Waals surface area contributed by atoms with Crippen LogP contribution in [0.4, 0.5) is 16.0 Å². The second kappa shape index (κ2) is 8.24. The fourth-order valence-corrected chi connectivity index (χ4v) is 3.91. The maximum absolute atomic E-state index is 13.2. The monoisotopic (exact) mass is 451 g/mol. The van der Waals surface area contributed by atoms with Crippen molar-refractivity contribution < 1.29 is 18.8 Å². The smallest absolute Gasteiger partial charge is 0.263 e. The molecule has 1 unspecified atom stereocenters. The lowest BCUT2D eigenvalue weighted by atomic mass is 10.1. The minimum absolute atomic E-state index is 0.131. The van der Waals surface area contributed by atoms with Gasteiger partial charge >= 0.3 is 0 Å². The zero-order valence-corrected chi connectivity index (χ0v) is 17.9. The lowest BCUT2D eigenvalue weighted by molar-refractivity contribution is -0.131. The van der Waals surface area contributed by atoms with Gasteiger partial charge in [0.05, 0.1) is 11.8 Å². The number of nitrogens with one attached hydrogen (secondary N) is 2. The van der Waals surface area contributed by atoms with Gasteiger partial charge < -0.3 is 10.2 Å². The molecule has 1 fully saturated rings. The van der Waals surface area contributed by atoms with Crippen LogP contribution in [0.1, 0.15) is 23.2 Å². The number of rotatable bonds is 6. The fourth-order valence-electron chi connectivity index (χ4n) is 3.91. The Morgan fingerprint density at radius 1 is 1.27 bits per heavy atom. The first-order chi connectivity index (χ1) is 15.9. The number of nitrogens with zero attached hydrogens (tertiary/aromatic N) is 5. The molecule has 2 aromatic heterocycles. The molecule has 0 spiro atoms. The summed E-state index contributed by atoms with van der Waals surface area (Å²) in [4.78, 5) is 49.9. The summed E-state index contributed by atoms with van der Waals surface area (Å²) in [5, 5.41) is 4.12. The van der Waals surface area contributed by atoms with Crippen molar-refractivity contribution in [2.45, 2.75) is 18.9 Å². The third kappa shape index (κ3) is 4.14. The number of anilines is 2. The Balaban J connectivity index is 1.39. The molecule has 4 heterocycles. The highest BCUT2D eigenvalue weighted by Crippen LogP contribution is 2.34. The third-order valence-corrected chi connectivity index (χ3v) is 5.73. The standard InChI is InChI=1S/C22H22FN7O3/c1-28(11-13-4-5-13)22(33)16-9-19-29(12-18(31)26-17-7-6-14(23)10-25-17)21(32)15-3-2-8-24-20(15)30(19)27-16/h2-3,6-10,13,16,27H,4-5,11-12H2,1H3,(H,25,26,31). The molecule has 1 saturated carbocycles. The average molecular weight is 451 g/mol. The number of carbonyl (C=O) groups excluding carboxylic acids is 3. The van der Waals surface area contributed by atoms with Crippen LogP contribution in [0.25, 0.3) is 0 Å². The molecule has 2 aliphatic heterocycles. The van der Waals surface area contributed by atoms with Gasteiger partial charge in [0.25, 0.3) is 5.91 Å². The van der Waals surface area contributed by atoms with Crippen molar-refractivity contribution in [3.8, 4) is 0 Å². The van der Waals surface area contributed by atoms with Crippen molar-refractivity contribution in [1.82, 2.24) is 25.2 Å². The highest BCUT2D eigenvalue weighted by molar-refractivity contribution is 6.05. The maximum atomic E-state index is 13.2. The Kier molecular flexibility index (Phi) is 5.25. The van der Waals surface area contributed by atoms with E-state index in [-0.39, 0.29) is 18.3 Å². The highest BCUT2D eigenvalue weighted by Gasteiger charge is 2.42. The summed E-state index contributed by atoms with van der Waals surface area (Å²) >= 11 is 0. The summed E-state index contributed by atoms with van der Waals surface area (Å²) < 4.78 is 13.1. The lowest BCUT2D eigenvalue weighted by Crippen LogP contribution is -2.52. The quantitative estimate of drug-likeness (QED) is 0.677. The Morgan fingerprint density at radius 2 is 2.09 bits per heavy atom. The van der Waals surface area contributed by atoms with Gasteiger partial charge in [-0.2, -0.15) is 0 Å². The van der Waals surface area contributed by atoms with Crippen LogP contribution in [-0.2, 0) is 9.59 Å². The number of aromatic nitrogens is 2. The van der Waals surface area contributed by atoms with Crippen molar-refractivity contribution >= 4 is 29.4 Å². The summed E-state index contributed by atoms with van der Waals surface area (Å²) in [5.74, 6) is -0.160. The maximum Gasteiger partial charge on any atom is 0.263 e. The number of hydrogen-bond donors (Lipinski definition) is 2. The van der Waals surface area contributed by atoms with E-state index in [1.165, 1.54) is 17.0 Å². The summed E-state index contributed by atoms with van der Waals surface area (Å²) in [5.41, 5.74) is 3.41. The molecule has 1 atom stereocenters. The van der Waals surface area contributed by atoms with Crippen molar-refractivity contribution in [3.05, 3.63) is 59.9 Å². The van der Waals surface area contributed by atoms with Crippen LogP contribution in [0.5, 0.6) is 0 Å². The van der Waals surface area contributed by atoms with Crippen molar-refractivity contribution in [3.63, 3.8) is 0 Å². The topological polar surface area (TPSA) is 111 Å². The molecular weight excluding hydrogens is 429 g/mol. The van der Waals surface area contributed by atoms with Crippen LogP contribution in [0, 0.1) is 11.7 Å². The van der Waals surface area contributed by atoms with E-state index in [9.17, 15) is 18.8 Å². The van der Waals surface area contributed by atoms with Crippen molar-refractivity contribution in [1.29, 1.82) is 0 Å². The van der Waals surface area contributed by atoms with E-state index in [2.05, 4.69) is 20.7 Å². The van der Waals surface area contributed by atoms with E-state index in [1.807, 2.05) is 0 Å². The summed E-state index contributed by atoms with van der Waals surface area (Å²) in [6, 6.07) is 5.06. The van der Waals surface area contributed by atoms with E-state index in [0.717, 1.165) is 19.0 Å². The molecule has 3 amide bonds. The number of pyridine rings is 2. The van der Waals surface area contributed by atoms with Crippen molar-refractivity contribution in [2.75, 3.05) is 30.5 Å². The minimum atomic E-state index is -0.700. The Morgan fingerprint density at radius 3 is 2.82 bits per heavy atom. The predicted molar refractivity (Wildman–Crippen MR) is 116 cm³/mol. The molecule has 0 bridgehead atoms. The number of halogens is 1. The molecular formula is C22H22FN7O3. The molecule has 3 aliphatic rings. The first kappa shape index (κ1) is 21.0. The fraction of sp³-hybridized carbons (Fsp3) is 0.318. The molecule has 11 heteroatoms. The van der Waals surface area contributed by atoms with Crippen LogP contribution in [0.3, 0.4) is 0 Å². The molecule has 0 radical (unpaired) electrons. The molecule has 1 aliphatic carbocycles. The number of hydrogen-bond acceptors (Lipinski definition) is 7. The molecule has 170 valence electrons. The van der Waals surface area contributed by atoms with Gasteiger partial charge in [-0.25, -0.2) is 24.8 Å². The van der Waals surface area contributed by atoms with Gasteiger partial charge in [-0.05, 0) is 49.1 Å². The van der Waals surface area contributed by atoms with Gasteiger partial charge in [0.1, 0.15) is 30.0 Å². The summed E-state index contributed by atoms with van der Waals surface area (Å²) in [6.45, 7) is 0.361. The number of amides is 3. The summed E-state index contributed by atoms with van der Waals surface area (Å²) in [7, 11) is 1.76. The SMILES string of the molecule is CN(CC1CC1)C(=O)C1C=C2N(CC(=O)Nc3ccc(F)cn3)C(=O)c3cccnc3N2N1. The van der Waals surface area contributed by atoms with Gasteiger partial charge in [0.15, 0.2) is 5.82 Å². The first-order valence-corrected chi connectivity index (χ1v) is 10.6. The van der Waals surface area contributed by atoms with Gasteiger partial charge in [-0.15, -0.1) is 0 Å². The molecule has 0 saturated heterocycles. The Bertz CT molecular complexity index is 1150. The number of fused-ring (bicyclic) bond motifs is 3. The van der Waals surface area contributed by atoms with Gasteiger partial charge in [-0.3, -0.25) is 19.3 Å². The largest absolute Gasteiger partial charge is 0.344 e. The zero-order chi connectivity index (χ0) is 23.1. The highest BCUT2D eigenvalue weighted by atomic mass is 19.1. The van der Waals surface area contributed by atoms with Crippen LogP contribution in [0.2, 0.25) is 0 Å². The molecule has 5 rings (SSSR count). The molecule has 10 nitrogen and oxygen atoms in total. The van der Waals surface area contributed by atoms with E-state index in [4.69, 9.17) is 0 Å². The van der Waals surface area contributed by atoms with E-state index >= 15 is 0 Å². The van der Waals surface area contributed by atoms with E-state index in [1.54, 1.807) is 41.4 Å². The van der Waals surface area contributed by atoms with Gasteiger partial charge in [0, 0.05) is 19.8 Å². The van der Waals surface area contributed by atoms with E-state index < -0.39 is 23.7 Å². The number of hydrazine groups is 1. The molecule has 2 N–H and O–H groups in total. The van der Waals surface area contributed by atoms with Gasteiger partial charge in [0.2, 0.25) is 11.8 Å². The van der Waals surface area contributed by atoms with Crippen LogP contribution < -0.4 is 15.8 Å². The van der Waals surface area contributed by atoms with Gasteiger partial charge in [-0.1, -0.05) is 0 Å². The normalized spacial score (nSPS) is 19.0. The molecule has 33 heavy (non-hydrogen) atoms. The number of likely N-dealkylation sites (N-methyl/N-ethyl adjacent to an activating group) is 1. The van der Waals surface area contributed by atoms with Crippen LogP contribution in [-0.4, -0.2) is 63.7 Å². The predicted octanol–water partition coefficient (Wildman–Crippen LogP) is 1.11. The zero-order valence-electron chi connectivity index (χ0n) is 17.9. The van der Waals surface area contributed by atoms with E-state index in [0.29, 0.717) is 29.7 Å². The Labute approximate surface area is 189 Å². The lowest BCUT2D eigenvalue weighted by Gasteiger charge is -2.35. The molecule has 0 aromatic carbocycles. The first-order valence-electron chi connectivity index (χ1n) is 10.6. The van der Waals surface area contributed by atoms with Crippen molar-refractivity contribution in [2.24, 2.45) is 5.92 Å².